The molecule has 130 valence electrons. The van der Waals surface area contributed by atoms with Crippen molar-refractivity contribution in [2.24, 2.45) is 0 Å². The molecule has 0 aliphatic heterocycles. The number of fused-ring (bicyclic) bond motifs is 2. The van der Waals surface area contributed by atoms with Crippen LogP contribution in [0, 0.1) is 0 Å². The number of carbonyl (C=O) groups excluding carboxylic acids is 2. The van der Waals surface area contributed by atoms with E-state index in [0.29, 0.717) is 5.56 Å². The quantitative estimate of drug-likeness (QED) is 0.423. The predicted molar refractivity (Wildman–Crippen MR) is 100 cm³/mol. The highest BCUT2D eigenvalue weighted by molar-refractivity contribution is 6.10. The molecule has 4 aromatic rings. The van der Waals surface area contributed by atoms with E-state index in [1.54, 1.807) is 19.3 Å². The number of carbonyl (C=O) groups is 2. The Balaban J connectivity index is 1.48. The summed E-state index contributed by atoms with van der Waals surface area (Å²) in [5.74, 6) is -0.634. The van der Waals surface area contributed by atoms with Crippen molar-refractivity contribution in [3.05, 3.63) is 72.1 Å². The van der Waals surface area contributed by atoms with E-state index in [9.17, 15) is 9.59 Å². The Kier molecular flexibility index (Phi) is 4.05. The number of hydrogen-bond donors (Lipinski definition) is 2. The first-order chi connectivity index (χ1) is 12.6. The molecule has 0 radical (unpaired) electrons. The van der Waals surface area contributed by atoms with Crippen LogP contribution in [0.5, 0.6) is 0 Å². The number of ketones is 1. The summed E-state index contributed by atoms with van der Waals surface area (Å²) in [7, 11) is 0. The maximum Gasteiger partial charge on any atom is 0.311 e. The first-order valence-corrected chi connectivity index (χ1v) is 8.48. The SMILES string of the molecule is C[C@@H](OC(=O)Cc1c[nH]c2ccccc12)C(=O)c1c[nH]c2ccccc12. The van der Waals surface area contributed by atoms with Crippen LogP contribution in [0.2, 0.25) is 0 Å². The first-order valence-electron chi connectivity index (χ1n) is 8.48. The average molecular weight is 346 g/mol. The van der Waals surface area contributed by atoms with E-state index in [-0.39, 0.29) is 12.2 Å². The minimum atomic E-state index is -0.841. The van der Waals surface area contributed by atoms with Gasteiger partial charge >= 0.3 is 5.97 Å². The summed E-state index contributed by atoms with van der Waals surface area (Å²) in [4.78, 5) is 31.2. The Morgan fingerprint density at radius 1 is 0.923 bits per heavy atom. The van der Waals surface area contributed by atoms with Gasteiger partial charge in [-0.2, -0.15) is 0 Å². The van der Waals surface area contributed by atoms with Crippen LogP contribution in [0.15, 0.2) is 60.9 Å². The van der Waals surface area contributed by atoms with Crippen molar-refractivity contribution in [3.63, 3.8) is 0 Å². The van der Waals surface area contributed by atoms with Crippen molar-refractivity contribution < 1.29 is 14.3 Å². The second-order valence-electron chi connectivity index (χ2n) is 6.28. The van der Waals surface area contributed by atoms with Crippen LogP contribution in [-0.4, -0.2) is 27.8 Å². The summed E-state index contributed by atoms with van der Waals surface area (Å²) in [5, 5.41) is 1.82. The highest BCUT2D eigenvalue weighted by atomic mass is 16.5. The van der Waals surface area contributed by atoms with E-state index in [1.165, 1.54) is 0 Å². The monoisotopic (exact) mass is 346 g/mol. The standard InChI is InChI=1S/C21H18N2O3/c1-13(21(25)17-12-23-19-9-5-3-7-16(17)19)26-20(24)10-14-11-22-18-8-4-2-6-15(14)18/h2-9,11-13,22-23H,10H2,1H3/t13-/m1/s1. The number of ether oxygens (including phenoxy) is 1. The number of nitrogens with one attached hydrogen (secondary N) is 2. The second kappa shape index (κ2) is 6.52. The smallest absolute Gasteiger partial charge is 0.311 e. The zero-order chi connectivity index (χ0) is 18.1. The van der Waals surface area contributed by atoms with Crippen molar-refractivity contribution in [3.8, 4) is 0 Å². The normalized spacial score (nSPS) is 12.3. The third-order valence-corrected chi connectivity index (χ3v) is 4.54. The number of aromatic nitrogens is 2. The van der Waals surface area contributed by atoms with Gasteiger partial charge in [-0.25, -0.2) is 0 Å². The minimum absolute atomic E-state index is 0.121. The molecule has 26 heavy (non-hydrogen) atoms. The van der Waals surface area contributed by atoms with Gasteiger partial charge in [-0.15, -0.1) is 0 Å². The van der Waals surface area contributed by atoms with E-state index >= 15 is 0 Å². The molecular weight excluding hydrogens is 328 g/mol. The molecule has 2 aromatic carbocycles. The molecule has 0 spiro atoms. The molecule has 2 N–H and O–H groups in total. The molecule has 0 bridgehead atoms. The summed E-state index contributed by atoms with van der Waals surface area (Å²) < 4.78 is 5.39. The lowest BCUT2D eigenvalue weighted by atomic mass is 10.1. The number of Topliss-reactive ketones (excluding diaryl/α,β-unsaturated/α-hetero) is 1. The van der Waals surface area contributed by atoms with E-state index in [0.717, 1.165) is 27.4 Å². The lowest BCUT2D eigenvalue weighted by Gasteiger charge is -2.11. The fourth-order valence-corrected chi connectivity index (χ4v) is 3.22. The van der Waals surface area contributed by atoms with Gasteiger partial charge in [0.15, 0.2) is 6.10 Å². The molecule has 0 fully saturated rings. The zero-order valence-electron chi connectivity index (χ0n) is 14.3. The fourth-order valence-electron chi connectivity index (χ4n) is 3.22. The van der Waals surface area contributed by atoms with Gasteiger partial charge in [-0.1, -0.05) is 36.4 Å². The van der Waals surface area contributed by atoms with Gasteiger partial charge in [-0.05, 0) is 24.6 Å². The van der Waals surface area contributed by atoms with Gasteiger partial charge in [-0.3, -0.25) is 9.59 Å². The van der Waals surface area contributed by atoms with Crippen LogP contribution in [0.3, 0.4) is 0 Å². The molecule has 0 saturated heterocycles. The summed E-state index contributed by atoms with van der Waals surface area (Å²) in [6.45, 7) is 1.61. The fraction of sp³-hybridized carbons (Fsp3) is 0.143. The second-order valence-corrected chi connectivity index (χ2v) is 6.28. The van der Waals surface area contributed by atoms with Crippen LogP contribution < -0.4 is 0 Å². The van der Waals surface area contributed by atoms with Crippen LogP contribution in [0.25, 0.3) is 21.8 Å². The maximum absolute atomic E-state index is 12.7. The molecule has 4 rings (SSSR count). The number of aromatic amines is 2. The van der Waals surface area contributed by atoms with Gasteiger partial charge in [0.2, 0.25) is 5.78 Å². The number of esters is 1. The van der Waals surface area contributed by atoms with Gasteiger partial charge in [0.1, 0.15) is 0 Å². The summed E-state index contributed by atoms with van der Waals surface area (Å²) in [6.07, 6.45) is 2.75. The Bertz CT molecular complexity index is 1110. The number of para-hydroxylation sites is 2. The van der Waals surface area contributed by atoms with Gasteiger partial charge < -0.3 is 14.7 Å². The van der Waals surface area contributed by atoms with Crippen LogP contribution in [0.4, 0.5) is 0 Å². The van der Waals surface area contributed by atoms with Crippen molar-refractivity contribution >= 4 is 33.6 Å². The predicted octanol–water partition coefficient (Wildman–Crippen LogP) is 4.01. The highest BCUT2D eigenvalue weighted by Gasteiger charge is 2.22. The number of rotatable bonds is 5. The van der Waals surface area contributed by atoms with Crippen molar-refractivity contribution in [2.45, 2.75) is 19.4 Å². The zero-order valence-corrected chi connectivity index (χ0v) is 14.3. The molecule has 0 aliphatic rings. The maximum atomic E-state index is 12.7. The summed E-state index contributed by atoms with van der Waals surface area (Å²) in [5.41, 5.74) is 3.25. The Labute approximate surface area is 150 Å². The van der Waals surface area contributed by atoms with Crippen LogP contribution >= 0.6 is 0 Å². The lowest BCUT2D eigenvalue weighted by Crippen LogP contribution is -2.25. The summed E-state index contributed by atoms with van der Waals surface area (Å²) in [6, 6.07) is 15.3. The number of H-pyrrole nitrogens is 2. The number of hydrogen-bond acceptors (Lipinski definition) is 3. The minimum Gasteiger partial charge on any atom is -0.454 e. The van der Waals surface area contributed by atoms with E-state index in [4.69, 9.17) is 4.74 Å². The largest absolute Gasteiger partial charge is 0.454 e. The van der Waals surface area contributed by atoms with E-state index in [1.807, 2.05) is 48.5 Å². The topological polar surface area (TPSA) is 75.0 Å². The highest BCUT2D eigenvalue weighted by Crippen LogP contribution is 2.21. The molecule has 0 unspecified atom stereocenters. The van der Waals surface area contributed by atoms with Crippen LogP contribution in [-0.2, 0) is 16.0 Å². The number of benzene rings is 2. The molecular formula is C21H18N2O3. The third-order valence-electron chi connectivity index (χ3n) is 4.54. The summed E-state index contributed by atoms with van der Waals surface area (Å²) >= 11 is 0. The molecule has 0 saturated carbocycles. The molecule has 2 aromatic heterocycles. The lowest BCUT2D eigenvalue weighted by molar-refractivity contribution is -0.145. The van der Waals surface area contributed by atoms with Gasteiger partial charge in [0.25, 0.3) is 0 Å². The molecule has 5 nitrogen and oxygen atoms in total. The van der Waals surface area contributed by atoms with Crippen molar-refractivity contribution in [1.82, 2.24) is 9.97 Å². The first kappa shape index (κ1) is 16.1. The average Bonchev–Trinajstić information content (AvgIpc) is 3.25. The Morgan fingerprint density at radius 3 is 2.31 bits per heavy atom. The van der Waals surface area contributed by atoms with Crippen LogP contribution in [0.1, 0.15) is 22.8 Å². The molecule has 5 heteroatoms. The van der Waals surface area contributed by atoms with Gasteiger partial charge in [0, 0.05) is 39.8 Å². The third kappa shape index (κ3) is 2.88. The van der Waals surface area contributed by atoms with Crippen molar-refractivity contribution in [2.75, 3.05) is 0 Å². The molecule has 0 aliphatic carbocycles. The van der Waals surface area contributed by atoms with Gasteiger partial charge in [0.05, 0.1) is 6.42 Å². The van der Waals surface area contributed by atoms with E-state index in [2.05, 4.69) is 9.97 Å². The molecule has 2 heterocycles. The van der Waals surface area contributed by atoms with Crippen molar-refractivity contribution in [1.29, 1.82) is 0 Å². The molecule has 0 amide bonds. The Hall–Kier alpha value is -3.34. The Morgan fingerprint density at radius 2 is 1.54 bits per heavy atom. The van der Waals surface area contributed by atoms with E-state index < -0.39 is 12.1 Å². The molecule has 1 atom stereocenters.